The number of hydrogen-bond donors (Lipinski definition) is 2. The van der Waals surface area contributed by atoms with Crippen molar-refractivity contribution in [3.63, 3.8) is 0 Å². The molecule has 23 heavy (non-hydrogen) atoms. The van der Waals surface area contributed by atoms with E-state index in [2.05, 4.69) is 17.6 Å². The molecule has 2 N–H and O–H groups in total. The van der Waals surface area contributed by atoms with Crippen molar-refractivity contribution in [2.75, 3.05) is 26.2 Å². The number of rotatable bonds is 8. The summed E-state index contributed by atoms with van der Waals surface area (Å²) in [4.78, 5) is 26.4. The molecule has 0 bridgehead atoms. The first-order chi connectivity index (χ1) is 11.2. The summed E-state index contributed by atoms with van der Waals surface area (Å²) in [6, 6.07) is 0.332. The largest absolute Gasteiger partial charge is 0.347 e. The highest BCUT2D eigenvalue weighted by molar-refractivity contribution is 5.84. The number of nitrogens with one attached hydrogen (secondary N) is 2. The molecule has 0 spiro atoms. The molecule has 132 valence electrons. The summed E-state index contributed by atoms with van der Waals surface area (Å²) in [5, 5.41) is 6.18. The average molecular weight is 323 g/mol. The molecule has 1 saturated carbocycles. The van der Waals surface area contributed by atoms with Crippen molar-refractivity contribution in [2.45, 2.75) is 70.8 Å². The van der Waals surface area contributed by atoms with Gasteiger partial charge in [0.15, 0.2) is 0 Å². The topological polar surface area (TPSA) is 61.4 Å². The Morgan fingerprint density at radius 2 is 1.83 bits per heavy atom. The first-order valence-corrected chi connectivity index (χ1v) is 9.47. The molecule has 0 aromatic carbocycles. The van der Waals surface area contributed by atoms with Crippen molar-refractivity contribution in [1.29, 1.82) is 0 Å². The Kier molecular flexibility index (Phi) is 7.86. The molecule has 1 aliphatic heterocycles. The molecule has 5 heteroatoms. The molecule has 5 nitrogen and oxygen atoms in total. The lowest BCUT2D eigenvalue weighted by atomic mass is 10.0. The summed E-state index contributed by atoms with van der Waals surface area (Å²) in [6.45, 7) is 5.01. The van der Waals surface area contributed by atoms with Crippen molar-refractivity contribution in [3.05, 3.63) is 0 Å². The van der Waals surface area contributed by atoms with Crippen molar-refractivity contribution < 1.29 is 9.59 Å². The molecule has 2 aliphatic rings. The highest BCUT2D eigenvalue weighted by Crippen LogP contribution is 2.28. The minimum atomic E-state index is 0.0343. The number of carbonyl (C=O) groups excluding carboxylic acids is 2. The van der Waals surface area contributed by atoms with E-state index in [0.717, 1.165) is 51.2 Å². The lowest BCUT2D eigenvalue weighted by Crippen LogP contribution is -2.49. The Labute approximate surface area is 140 Å². The van der Waals surface area contributed by atoms with Crippen LogP contribution in [-0.2, 0) is 9.59 Å². The third-order valence-corrected chi connectivity index (χ3v) is 5.23. The van der Waals surface area contributed by atoms with E-state index in [1.165, 1.54) is 25.7 Å². The van der Waals surface area contributed by atoms with E-state index in [-0.39, 0.29) is 18.4 Å². The second-order valence-corrected chi connectivity index (χ2v) is 7.03. The highest BCUT2D eigenvalue weighted by Gasteiger charge is 2.24. The third-order valence-electron chi connectivity index (χ3n) is 5.23. The Morgan fingerprint density at radius 3 is 2.48 bits per heavy atom. The molecule has 2 rings (SSSR count). The van der Waals surface area contributed by atoms with Gasteiger partial charge < -0.3 is 15.5 Å². The summed E-state index contributed by atoms with van der Waals surface area (Å²) < 4.78 is 0. The maximum atomic E-state index is 12.5. The van der Waals surface area contributed by atoms with Crippen molar-refractivity contribution >= 4 is 11.8 Å². The molecular weight excluding hydrogens is 290 g/mol. The van der Waals surface area contributed by atoms with Crippen LogP contribution in [0.2, 0.25) is 0 Å². The zero-order valence-electron chi connectivity index (χ0n) is 14.6. The quantitative estimate of drug-likeness (QED) is 0.719. The van der Waals surface area contributed by atoms with Gasteiger partial charge in [-0.2, -0.15) is 0 Å². The SMILES string of the molecule is CCCN(C(=O)CNC(=O)CCC1CCCC1)C1CCNCC1. The molecule has 1 aliphatic carbocycles. The van der Waals surface area contributed by atoms with Gasteiger partial charge in [0.2, 0.25) is 11.8 Å². The van der Waals surface area contributed by atoms with Crippen LogP contribution in [0.1, 0.15) is 64.7 Å². The second kappa shape index (κ2) is 9.91. The molecule has 1 saturated heterocycles. The average Bonchev–Trinajstić information content (AvgIpc) is 3.10. The summed E-state index contributed by atoms with van der Waals surface area (Å²) in [6.07, 6.45) is 9.71. The Bertz CT molecular complexity index is 374. The van der Waals surface area contributed by atoms with Crippen LogP contribution >= 0.6 is 0 Å². The summed E-state index contributed by atoms with van der Waals surface area (Å²) in [7, 11) is 0. The van der Waals surface area contributed by atoms with E-state index < -0.39 is 0 Å². The van der Waals surface area contributed by atoms with E-state index in [9.17, 15) is 9.59 Å². The van der Waals surface area contributed by atoms with Crippen LogP contribution in [0.15, 0.2) is 0 Å². The smallest absolute Gasteiger partial charge is 0.242 e. The monoisotopic (exact) mass is 323 g/mol. The molecule has 0 unspecified atom stereocenters. The zero-order chi connectivity index (χ0) is 16.5. The highest BCUT2D eigenvalue weighted by atomic mass is 16.2. The number of hydrogen-bond acceptors (Lipinski definition) is 3. The van der Waals surface area contributed by atoms with Crippen LogP contribution in [0.25, 0.3) is 0 Å². The standard InChI is InChI=1S/C18H33N3O2/c1-2-13-21(16-9-11-19-12-10-16)18(23)14-20-17(22)8-7-15-5-3-4-6-15/h15-16,19H,2-14H2,1H3,(H,20,22). The minimum absolute atomic E-state index is 0.0343. The number of piperidine rings is 1. The summed E-state index contributed by atoms with van der Waals surface area (Å²) in [5.41, 5.74) is 0. The van der Waals surface area contributed by atoms with Gasteiger partial charge in [0.1, 0.15) is 0 Å². The van der Waals surface area contributed by atoms with Gasteiger partial charge in [0, 0.05) is 19.0 Å². The molecule has 1 heterocycles. The maximum absolute atomic E-state index is 12.5. The van der Waals surface area contributed by atoms with Crippen molar-refractivity contribution in [2.24, 2.45) is 5.92 Å². The van der Waals surface area contributed by atoms with Gasteiger partial charge in [-0.1, -0.05) is 32.6 Å². The molecule has 0 aromatic rings. The predicted octanol–water partition coefficient (Wildman–Crippen LogP) is 2.06. The van der Waals surface area contributed by atoms with Gasteiger partial charge in [0.05, 0.1) is 6.54 Å². The predicted molar refractivity (Wildman–Crippen MR) is 92.1 cm³/mol. The Balaban J connectivity index is 1.70. The normalized spacial score (nSPS) is 19.7. The molecule has 0 radical (unpaired) electrons. The molecule has 2 fully saturated rings. The van der Waals surface area contributed by atoms with Crippen molar-refractivity contribution in [3.8, 4) is 0 Å². The zero-order valence-corrected chi connectivity index (χ0v) is 14.6. The fraction of sp³-hybridized carbons (Fsp3) is 0.889. The molecule has 0 aromatic heterocycles. The lowest BCUT2D eigenvalue weighted by Gasteiger charge is -2.34. The van der Waals surface area contributed by atoms with E-state index in [4.69, 9.17) is 0 Å². The Morgan fingerprint density at radius 1 is 1.13 bits per heavy atom. The van der Waals surface area contributed by atoms with Gasteiger partial charge in [0.25, 0.3) is 0 Å². The van der Waals surface area contributed by atoms with E-state index in [0.29, 0.717) is 12.5 Å². The first kappa shape index (κ1) is 18.2. The van der Waals surface area contributed by atoms with E-state index in [1.807, 2.05) is 4.90 Å². The molecular formula is C18H33N3O2. The molecule has 2 amide bonds. The van der Waals surface area contributed by atoms with Crippen LogP contribution in [-0.4, -0.2) is 48.9 Å². The van der Waals surface area contributed by atoms with E-state index in [1.54, 1.807) is 0 Å². The third kappa shape index (κ3) is 6.13. The van der Waals surface area contributed by atoms with Crippen LogP contribution in [0, 0.1) is 5.92 Å². The number of nitrogens with zero attached hydrogens (tertiary/aromatic N) is 1. The van der Waals surface area contributed by atoms with Gasteiger partial charge in [-0.15, -0.1) is 0 Å². The van der Waals surface area contributed by atoms with Crippen LogP contribution in [0.4, 0.5) is 0 Å². The van der Waals surface area contributed by atoms with Crippen LogP contribution in [0.3, 0.4) is 0 Å². The van der Waals surface area contributed by atoms with E-state index >= 15 is 0 Å². The Hall–Kier alpha value is -1.10. The summed E-state index contributed by atoms with van der Waals surface area (Å²) >= 11 is 0. The van der Waals surface area contributed by atoms with Gasteiger partial charge in [-0.05, 0) is 44.7 Å². The number of amides is 2. The van der Waals surface area contributed by atoms with Gasteiger partial charge >= 0.3 is 0 Å². The first-order valence-electron chi connectivity index (χ1n) is 9.47. The molecule has 0 atom stereocenters. The van der Waals surface area contributed by atoms with Gasteiger partial charge in [-0.3, -0.25) is 9.59 Å². The van der Waals surface area contributed by atoms with Crippen molar-refractivity contribution in [1.82, 2.24) is 15.5 Å². The maximum Gasteiger partial charge on any atom is 0.242 e. The number of carbonyl (C=O) groups is 2. The minimum Gasteiger partial charge on any atom is -0.347 e. The van der Waals surface area contributed by atoms with Crippen LogP contribution in [0.5, 0.6) is 0 Å². The fourth-order valence-electron chi connectivity index (χ4n) is 3.87. The van der Waals surface area contributed by atoms with Crippen LogP contribution < -0.4 is 10.6 Å². The lowest BCUT2D eigenvalue weighted by molar-refractivity contribution is -0.135. The van der Waals surface area contributed by atoms with Gasteiger partial charge in [-0.25, -0.2) is 0 Å². The summed E-state index contributed by atoms with van der Waals surface area (Å²) in [5.74, 6) is 0.836. The second-order valence-electron chi connectivity index (χ2n) is 7.03. The fourth-order valence-corrected chi connectivity index (χ4v) is 3.87.